The van der Waals surface area contributed by atoms with E-state index < -0.39 is 0 Å². The van der Waals surface area contributed by atoms with Crippen LogP contribution < -0.4 is 0 Å². The van der Waals surface area contributed by atoms with E-state index in [9.17, 15) is 4.79 Å². The predicted molar refractivity (Wildman–Crippen MR) is 77.6 cm³/mol. The minimum absolute atomic E-state index is 0.0619. The summed E-state index contributed by atoms with van der Waals surface area (Å²) in [5.74, 6) is 0.889. The summed E-state index contributed by atoms with van der Waals surface area (Å²) >= 11 is 0. The molecule has 1 saturated heterocycles. The summed E-state index contributed by atoms with van der Waals surface area (Å²) in [6.07, 6.45) is 3.26. The third kappa shape index (κ3) is 3.38. The Morgan fingerprint density at radius 3 is 2.64 bits per heavy atom. The zero-order valence-corrected chi connectivity index (χ0v) is 12.8. The number of hydrogen-bond acceptors (Lipinski definition) is 6. The summed E-state index contributed by atoms with van der Waals surface area (Å²) in [6, 6.07) is 0. The molecular formula is C14H21N5O3. The Bertz CT molecular complexity index is 535. The molecule has 0 spiro atoms. The third-order valence-electron chi connectivity index (χ3n) is 3.93. The molecule has 8 heteroatoms. The van der Waals surface area contributed by atoms with Crippen LogP contribution in [0.5, 0.6) is 0 Å². The molecule has 0 bridgehead atoms. The van der Waals surface area contributed by atoms with Crippen molar-refractivity contribution in [2.24, 2.45) is 0 Å². The molecule has 1 amide bonds. The molecule has 8 nitrogen and oxygen atoms in total. The standard InChI is InChI=1S/C14H21N5O3/c1-12-13(22-9-8-21-12)14(20)18-5-2-17(3-6-18)4-7-19-11-15-10-16-19/h10-11H,2-9H2,1H3. The number of carbonyl (C=O) groups is 1. The zero-order valence-electron chi connectivity index (χ0n) is 12.8. The van der Waals surface area contributed by atoms with Crippen LogP contribution in [0.1, 0.15) is 6.92 Å². The number of carbonyl (C=O) groups excluding carboxylic acids is 1. The van der Waals surface area contributed by atoms with Crippen LogP contribution in [0.25, 0.3) is 0 Å². The molecule has 0 atom stereocenters. The average molecular weight is 307 g/mol. The maximum absolute atomic E-state index is 12.4. The lowest BCUT2D eigenvalue weighted by Gasteiger charge is -2.35. The lowest BCUT2D eigenvalue weighted by molar-refractivity contribution is -0.134. The fourth-order valence-electron chi connectivity index (χ4n) is 2.63. The molecule has 3 heterocycles. The van der Waals surface area contributed by atoms with Crippen molar-refractivity contribution < 1.29 is 14.3 Å². The summed E-state index contributed by atoms with van der Waals surface area (Å²) in [7, 11) is 0. The molecule has 120 valence electrons. The zero-order chi connectivity index (χ0) is 15.4. The number of amides is 1. The third-order valence-corrected chi connectivity index (χ3v) is 3.93. The van der Waals surface area contributed by atoms with E-state index in [4.69, 9.17) is 9.47 Å². The first-order chi connectivity index (χ1) is 10.7. The van der Waals surface area contributed by atoms with Crippen LogP contribution in [0.15, 0.2) is 24.2 Å². The highest BCUT2D eigenvalue weighted by Crippen LogP contribution is 2.16. The normalized spacial score (nSPS) is 19.8. The molecule has 0 unspecified atom stereocenters. The van der Waals surface area contributed by atoms with E-state index in [-0.39, 0.29) is 5.91 Å². The number of hydrogen-bond donors (Lipinski definition) is 0. The second-order valence-corrected chi connectivity index (χ2v) is 5.37. The number of aromatic nitrogens is 3. The lowest BCUT2D eigenvalue weighted by atomic mass is 10.2. The van der Waals surface area contributed by atoms with Gasteiger partial charge in [0.1, 0.15) is 31.6 Å². The van der Waals surface area contributed by atoms with E-state index in [1.54, 1.807) is 19.6 Å². The van der Waals surface area contributed by atoms with E-state index in [0.29, 0.717) is 37.8 Å². The number of piperazine rings is 1. The molecule has 3 rings (SSSR count). The fourth-order valence-corrected chi connectivity index (χ4v) is 2.63. The molecule has 22 heavy (non-hydrogen) atoms. The summed E-state index contributed by atoms with van der Waals surface area (Å²) in [6.45, 7) is 7.57. The minimum atomic E-state index is -0.0619. The van der Waals surface area contributed by atoms with Crippen LogP contribution in [0, 0.1) is 0 Å². The minimum Gasteiger partial charge on any atom is -0.491 e. The Balaban J connectivity index is 1.48. The lowest BCUT2D eigenvalue weighted by Crippen LogP contribution is -2.50. The van der Waals surface area contributed by atoms with Crippen LogP contribution in [-0.2, 0) is 20.8 Å². The number of allylic oxidation sites excluding steroid dienone is 1. The Labute approximate surface area is 129 Å². The van der Waals surface area contributed by atoms with Gasteiger partial charge in [0.05, 0.1) is 6.54 Å². The van der Waals surface area contributed by atoms with Crippen molar-refractivity contribution in [1.29, 1.82) is 0 Å². The second kappa shape index (κ2) is 6.78. The van der Waals surface area contributed by atoms with E-state index >= 15 is 0 Å². The maximum Gasteiger partial charge on any atom is 0.292 e. The van der Waals surface area contributed by atoms with Gasteiger partial charge in [-0.3, -0.25) is 14.4 Å². The van der Waals surface area contributed by atoms with Gasteiger partial charge in [0.25, 0.3) is 5.91 Å². The molecule has 0 aliphatic carbocycles. The Hall–Kier alpha value is -2.09. The van der Waals surface area contributed by atoms with Crippen molar-refractivity contribution in [1.82, 2.24) is 24.6 Å². The molecular weight excluding hydrogens is 286 g/mol. The van der Waals surface area contributed by atoms with Gasteiger partial charge >= 0.3 is 0 Å². The molecule has 0 saturated carbocycles. The largest absolute Gasteiger partial charge is 0.491 e. The van der Waals surface area contributed by atoms with Crippen LogP contribution in [0.2, 0.25) is 0 Å². The van der Waals surface area contributed by atoms with Gasteiger partial charge in [-0.05, 0) is 6.92 Å². The summed E-state index contributed by atoms with van der Waals surface area (Å²) in [5.41, 5.74) is 0. The van der Waals surface area contributed by atoms with Gasteiger partial charge in [-0.2, -0.15) is 5.10 Å². The molecule has 0 N–H and O–H groups in total. The van der Waals surface area contributed by atoms with Crippen LogP contribution in [-0.4, -0.2) is 76.4 Å². The summed E-state index contributed by atoms with van der Waals surface area (Å²) in [4.78, 5) is 20.5. The monoisotopic (exact) mass is 307 g/mol. The van der Waals surface area contributed by atoms with E-state index in [0.717, 1.165) is 26.2 Å². The van der Waals surface area contributed by atoms with E-state index in [2.05, 4.69) is 15.0 Å². The Morgan fingerprint density at radius 1 is 1.18 bits per heavy atom. The maximum atomic E-state index is 12.4. The molecule has 0 radical (unpaired) electrons. The van der Waals surface area contributed by atoms with Crippen molar-refractivity contribution in [2.45, 2.75) is 13.5 Å². The average Bonchev–Trinajstić information content (AvgIpc) is 3.07. The predicted octanol–water partition coefficient (Wildman–Crippen LogP) is -0.299. The highest BCUT2D eigenvalue weighted by Gasteiger charge is 2.28. The molecule has 2 aliphatic rings. The highest BCUT2D eigenvalue weighted by atomic mass is 16.6. The summed E-state index contributed by atoms with van der Waals surface area (Å²) in [5, 5.41) is 4.09. The summed E-state index contributed by atoms with van der Waals surface area (Å²) < 4.78 is 12.7. The van der Waals surface area contributed by atoms with Crippen molar-refractivity contribution in [3.63, 3.8) is 0 Å². The van der Waals surface area contributed by atoms with Crippen molar-refractivity contribution >= 4 is 5.91 Å². The SMILES string of the molecule is CC1=C(C(=O)N2CCN(CCn3cncn3)CC2)OCCO1. The fraction of sp³-hybridized carbons (Fsp3) is 0.643. The molecule has 1 aromatic rings. The smallest absolute Gasteiger partial charge is 0.292 e. The van der Waals surface area contributed by atoms with Gasteiger partial charge in [-0.15, -0.1) is 0 Å². The van der Waals surface area contributed by atoms with Gasteiger partial charge in [-0.1, -0.05) is 0 Å². The van der Waals surface area contributed by atoms with Gasteiger partial charge in [0.15, 0.2) is 0 Å². The Morgan fingerprint density at radius 2 is 1.95 bits per heavy atom. The Kier molecular flexibility index (Phi) is 4.57. The first-order valence-electron chi connectivity index (χ1n) is 7.54. The van der Waals surface area contributed by atoms with E-state index in [1.807, 2.05) is 9.58 Å². The van der Waals surface area contributed by atoms with Crippen molar-refractivity contribution in [3.05, 3.63) is 24.2 Å². The van der Waals surface area contributed by atoms with Crippen molar-refractivity contribution in [3.8, 4) is 0 Å². The van der Waals surface area contributed by atoms with Gasteiger partial charge in [0, 0.05) is 32.7 Å². The topological polar surface area (TPSA) is 72.7 Å². The number of ether oxygens (including phenoxy) is 2. The quantitative estimate of drug-likeness (QED) is 0.760. The van der Waals surface area contributed by atoms with Gasteiger partial charge < -0.3 is 14.4 Å². The number of rotatable bonds is 4. The van der Waals surface area contributed by atoms with Crippen LogP contribution >= 0.6 is 0 Å². The molecule has 2 aliphatic heterocycles. The molecule has 0 aromatic carbocycles. The van der Waals surface area contributed by atoms with Gasteiger partial charge in [0.2, 0.25) is 5.76 Å². The van der Waals surface area contributed by atoms with Gasteiger partial charge in [-0.25, -0.2) is 4.98 Å². The second-order valence-electron chi connectivity index (χ2n) is 5.37. The molecule has 1 aromatic heterocycles. The molecule has 1 fully saturated rings. The van der Waals surface area contributed by atoms with E-state index in [1.165, 1.54) is 0 Å². The number of nitrogens with zero attached hydrogens (tertiary/aromatic N) is 5. The first kappa shape index (κ1) is 14.8. The highest BCUT2D eigenvalue weighted by molar-refractivity contribution is 5.92. The first-order valence-corrected chi connectivity index (χ1v) is 7.54. The van der Waals surface area contributed by atoms with Crippen LogP contribution in [0.3, 0.4) is 0 Å². The van der Waals surface area contributed by atoms with Crippen molar-refractivity contribution in [2.75, 3.05) is 45.9 Å². The van der Waals surface area contributed by atoms with Crippen LogP contribution in [0.4, 0.5) is 0 Å².